The van der Waals surface area contributed by atoms with Crippen LogP contribution in [-0.4, -0.2) is 16.1 Å². The van der Waals surface area contributed by atoms with Crippen LogP contribution in [0.15, 0.2) is 41.8 Å². The molecule has 0 bridgehead atoms. The number of benzene rings is 1. The van der Waals surface area contributed by atoms with Gasteiger partial charge in [0.1, 0.15) is 5.82 Å². The van der Waals surface area contributed by atoms with Crippen molar-refractivity contribution >= 4 is 23.1 Å². The topological polar surface area (TPSA) is 57.8 Å². The second-order valence-corrected chi connectivity index (χ2v) is 5.51. The molecule has 0 radical (unpaired) electrons. The van der Waals surface area contributed by atoms with Crippen molar-refractivity contribution in [1.82, 2.24) is 10.2 Å². The molecule has 1 amide bonds. The summed E-state index contributed by atoms with van der Waals surface area (Å²) in [4.78, 5) is 13.1. The smallest absolute Gasteiger partial charge is 0.256 e. The standard InChI is InChI=1S/C15H12FN3OS/c1-9-4-5-10(7-11(9)16)15(20)17-14-8-12(18-19-14)13-3-2-6-21-13/h2-8H,1H3,(H2,17,18,19,20). The number of aromatic nitrogens is 2. The van der Waals surface area contributed by atoms with Crippen molar-refractivity contribution in [3.63, 3.8) is 0 Å². The van der Waals surface area contributed by atoms with Crippen LogP contribution in [0.4, 0.5) is 10.2 Å². The largest absolute Gasteiger partial charge is 0.305 e. The van der Waals surface area contributed by atoms with Crippen molar-refractivity contribution in [3.8, 4) is 10.6 Å². The van der Waals surface area contributed by atoms with Crippen LogP contribution in [0.2, 0.25) is 0 Å². The number of carbonyl (C=O) groups excluding carboxylic acids is 1. The number of thiophene rings is 1. The van der Waals surface area contributed by atoms with Gasteiger partial charge in [0.2, 0.25) is 0 Å². The van der Waals surface area contributed by atoms with Crippen molar-refractivity contribution in [2.75, 3.05) is 5.32 Å². The highest BCUT2D eigenvalue weighted by molar-refractivity contribution is 7.13. The summed E-state index contributed by atoms with van der Waals surface area (Å²) in [6, 6.07) is 10.0. The number of anilines is 1. The van der Waals surface area contributed by atoms with Crippen molar-refractivity contribution < 1.29 is 9.18 Å². The van der Waals surface area contributed by atoms with Crippen LogP contribution in [-0.2, 0) is 0 Å². The molecule has 106 valence electrons. The quantitative estimate of drug-likeness (QED) is 0.772. The van der Waals surface area contributed by atoms with Crippen LogP contribution >= 0.6 is 11.3 Å². The van der Waals surface area contributed by atoms with Crippen molar-refractivity contribution in [1.29, 1.82) is 0 Å². The molecule has 2 aromatic heterocycles. The van der Waals surface area contributed by atoms with Crippen LogP contribution in [0, 0.1) is 12.7 Å². The lowest BCUT2D eigenvalue weighted by molar-refractivity contribution is 0.102. The lowest BCUT2D eigenvalue weighted by Gasteiger charge is -2.03. The molecule has 0 saturated heterocycles. The van der Waals surface area contributed by atoms with E-state index < -0.39 is 11.7 Å². The predicted octanol–water partition coefficient (Wildman–Crippen LogP) is 3.84. The third-order valence-corrected chi connectivity index (χ3v) is 3.94. The zero-order valence-corrected chi connectivity index (χ0v) is 12.0. The van der Waals surface area contributed by atoms with Crippen molar-refractivity contribution in [2.24, 2.45) is 0 Å². The summed E-state index contributed by atoms with van der Waals surface area (Å²) >= 11 is 1.57. The molecule has 0 atom stereocenters. The van der Waals surface area contributed by atoms with E-state index in [0.29, 0.717) is 11.4 Å². The van der Waals surface area contributed by atoms with Crippen LogP contribution in [0.1, 0.15) is 15.9 Å². The molecule has 3 rings (SSSR count). The Morgan fingerprint density at radius 1 is 1.33 bits per heavy atom. The van der Waals surface area contributed by atoms with Gasteiger partial charge in [-0.05, 0) is 36.1 Å². The average Bonchev–Trinajstić information content (AvgIpc) is 3.12. The lowest BCUT2D eigenvalue weighted by Crippen LogP contribution is -2.12. The van der Waals surface area contributed by atoms with Crippen LogP contribution in [0.25, 0.3) is 10.6 Å². The number of hydrogen-bond donors (Lipinski definition) is 2. The molecule has 21 heavy (non-hydrogen) atoms. The Morgan fingerprint density at radius 2 is 2.19 bits per heavy atom. The molecule has 0 fully saturated rings. The number of halogens is 1. The van der Waals surface area contributed by atoms with Crippen molar-refractivity contribution in [2.45, 2.75) is 6.92 Å². The molecule has 0 unspecified atom stereocenters. The highest BCUT2D eigenvalue weighted by Gasteiger charge is 2.11. The zero-order chi connectivity index (χ0) is 14.8. The van der Waals surface area contributed by atoms with E-state index in [2.05, 4.69) is 15.5 Å². The molecule has 2 N–H and O–H groups in total. The number of carbonyl (C=O) groups is 1. The fourth-order valence-corrected chi connectivity index (χ4v) is 2.56. The molecule has 0 aliphatic heterocycles. The summed E-state index contributed by atoms with van der Waals surface area (Å²) < 4.78 is 13.5. The molecule has 0 saturated carbocycles. The maximum absolute atomic E-state index is 13.5. The van der Waals surface area contributed by atoms with E-state index in [0.717, 1.165) is 10.6 Å². The second-order valence-electron chi connectivity index (χ2n) is 4.56. The zero-order valence-electron chi connectivity index (χ0n) is 11.2. The minimum absolute atomic E-state index is 0.263. The fraction of sp³-hybridized carbons (Fsp3) is 0.0667. The van der Waals surface area contributed by atoms with Gasteiger partial charge in [-0.15, -0.1) is 11.3 Å². The van der Waals surface area contributed by atoms with Gasteiger partial charge in [-0.3, -0.25) is 9.89 Å². The van der Waals surface area contributed by atoms with Crippen LogP contribution in [0.5, 0.6) is 0 Å². The number of rotatable bonds is 3. The number of aromatic amines is 1. The summed E-state index contributed by atoms with van der Waals surface area (Å²) in [5.41, 5.74) is 1.60. The van der Waals surface area contributed by atoms with Gasteiger partial charge in [-0.1, -0.05) is 12.1 Å². The second kappa shape index (κ2) is 5.49. The minimum atomic E-state index is -0.399. The third kappa shape index (κ3) is 2.85. The first-order valence-electron chi connectivity index (χ1n) is 6.30. The monoisotopic (exact) mass is 301 g/mol. The molecule has 2 heterocycles. The highest BCUT2D eigenvalue weighted by atomic mass is 32.1. The Hall–Kier alpha value is -2.47. The molecule has 4 nitrogen and oxygen atoms in total. The van der Waals surface area contributed by atoms with Gasteiger partial charge in [0.15, 0.2) is 5.82 Å². The van der Waals surface area contributed by atoms with Gasteiger partial charge in [-0.2, -0.15) is 5.10 Å². The number of H-pyrrole nitrogens is 1. The van der Waals surface area contributed by atoms with Crippen LogP contribution < -0.4 is 5.32 Å². The minimum Gasteiger partial charge on any atom is -0.305 e. The fourth-order valence-electron chi connectivity index (χ4n) is 1.87. The predicted molar refractivity (Wildman–Crippen MR) is 81.0 cm³/mol. The van der Waals surface area contributed by atoms with Gasteiger partial charge in [0.05, 0.1) is 10.6 Å². The molecule has 3 aromatic rings. The number of hydrogen-bond acceptors (Lipinski definition) is 3. The Balaban J connectivity index is 1.77. The summed E-state index contributed by atoms with van der Waals surface area (Å²) in [6.07, 6.45) is 0. The molecule has 6 heteroatoms. The summed E-state index contributed by atoms with van der Waals surface area (Å²) in [7, 11) is 0. The van der Waals surface area contributed by atoms with E-state index >= 15 is 0 Å². The average molecular weight is 301 g/mol. The molecule has 1 aromatic carbocycles. The van der Waals surface area contributed by atoms with E-state index in [4.69, 9.17) is 0 Å². The van der Waals surface area contributed by atoms with E-state index in [1.54, 1.807) is 36.5 Å². The lowest BCUT2D eigenvalue weighted by atomic mass is 10.1. The number of nitrogens with one attached hydrogen (secondary N) is 2. The number of aryl methyl sites for hydroxylation is 1. The third-order valence-electron chi connectivity index (χ3n) is 3.04. The Morgan fingerprint density at radius 3 is 2.90 bits per heavy atom. The van der Waals surface area contributed by atoms with E-state index in [9.17, 15) is 9.18 Å². The highest BCUT2D eigenvalue weighted by Crippen LogP contribution is 2.24. The van der Waals surface area contributed by atoms with Crippen LogP contribution in [0.3, 0.4) is 0 Å². The molecule has 0 aliphatic rings. The van der Waals surface area contributed by atoms with Gasteiger partial charge in [0.25, 0.3) is 5.91 Å². The number of amides is 1. The summed E-state index contributed by atoms with van der Waals surface area (Å²) in [5.74, 6) is -0.383. The van der Waals surface area contributed by atoms with E-state index in [-0.39, 0.29) is 5.56 Å². The van der Waals surface area contributed by atoms with Gasteiger partial charge >= 0.3 is 0 Å². The molecule has 0 aliphatic carbocycles. The normalized spacial score (nSPS) is 10.6. The molecular weight excluding hydrogens is 289 g/mol. The molecule has 0 spiro atoms. The first kappa shape index (κ1) is 13.5. The van der Waals surface area contributed by atoms with Crippen molar-refractivity contribution in [3.05, 3.63) is 58.7 Å². The Bertz CT molecular complexity index is 780. The first-order chi connectivity index (χ1) is 10.1. The van der Waals surface area contributed by atoms with Gasteiger partial charge in [-0.25, -0.2) is 4.39 Å². The summed E-state index contributed by atoms with van der Waals surface area (Å²) in [6.45, 7) is 1.65. The number of nitrogens with zero attached hydrogens (tertiary/aromatic N) is 1. The van der Waals surface area contributed by atoms with E-state index in [1.165, 1.54) is 6.07 Å². The molecular formula is C15H12FN3OS. The van der Waals surface area contributed by atoms with Gasteiger partial charge < -0.3 is 5.32 Å². The SMILES string of the molecule is Cc1ccc(C(=O)Nc2cc(-c3cccs3)[nH]n2)cc1F. The van der Waals surface area contributed by atoms with E-state index in [1.807, 2.05) is 17.5 Å². The Kier molecular flexibility index (Phi) is 3.53. The first-order valence-corrected chi connectivity index (χ1v) is 7.18. The summed E-state index contributed by atoms with van der Waals surface area (Å²) in [5, 5.41) is 11.5. The maximum Gasteiger partial charge on any atom is 0.256 e. The Labute approximate surface area is 124 Å². The van der Waals surface area contributed by atoms with Gasteiger partial charge in [0, 0.05) is 11.6 Å². The maximum atomic E-state index is 13.5.